The molecule has 1 rings (SSSR count). The summed E-state index contributed by atoms with van der Waals surface area (Å²) in [4.78, 5) is 0. The molecule has 2 nitrogen and oxygen atoms in total. The first kappa shape index (κ1) is 5.38. The van der Waals surface area contributed by atoms with Crippen LogP contribution in [0.1, 0.15) is 6.92 Å². The van der Waals surface area contributed by atoms with Crippen molar-refractivity contribution in [1.82, 2.24) is 5.01 Å². The summed E-state index contributed by atoms with van der Waals surface area (Å²) in [7, 11) is 0. The Kier molecular flexibility index (Phi) is 1.35. The Balaban J connectivity index is 2.59. The molecule has 1 heterocycles. The molecule has 8 heavy (non-hydrogen) atoms. The van der Waals surface area contributed by atoms with Crippen molar-refractivity contribution in [2.24, 2.45) is 5.84 Å². The second-order valence-electron chi connectivity index (χ2n) is 2.03. The molecule has 2 N–H and O–H groups in total. The van der Waals surface area contributed by atoms with Crippen LogP contribution in [-0.4, -0.2) is 11.6 Å². The van der Waals surface area contributed by atoms with Crippen LogP contribution < -0.4 is 5.84 Å². The SMILES string of the molecule is CC1=CC=CN(N)C1. The van der Waals surface area contributed by atoms with Crippen molar-refractivity contribution in [2.75, 3.05) is 6.54 Å². The highest BCUT2D eigenvalue weighted by atomic mass is 15.4. The van der Waals surface area contributed by atoms with Crippen LogP contribution >= 0.6 is 0 Å². The van der Waals surface area contributed by atoms with Crippen LogP contribution in [0.4, 0.5) is 0 Å². The molecule has 0 aromatic carbocycles. The van der Waals surface area contributed by atoms with Crippen LogP contribution in [0.2, 0.25) is 0 Å². The van der Waals surface area contributed by atoms with Crippen molar-refractivity contribution >= 4 is 0 Å². The molecular weight excluding hydrogens is 100 g/mol. The van der Waals surface area contributed by atoms with Gasteiger partial charge >= 0.3 is 0 Å². The minimum absolute atomic E-state index is 0.858. The van der Waals surface area contributed by atoms with Crippen LogP contribution in [0.15, 0.2) is 23.9 Å². The zero-order valence-corrected chi connectivity index (χ0v) is 4.96. The van der Waals surface area contributed by atoms with Gasteiger partial charge in [0.1, 0.15) is 0 Å². The van der Waals surface area contributed by atoms with E-state index in [1.54, 1.807) is 5.01 Å². The van der Waals surface area contributed by atoms with Gasteiger partial charge < -0.3 is 5.01 Å². The maximum atomic E-state index is 5.43. The molecule has 2 heteroatoms. The van der Waals surface area contributed by atoms with Crippen molar-refractivity contribution in [3.8, 4) is 0 Å². The van der Waals surface area contributed by atoms with E-state index < -0.39 is 0 Å². The molecule has 0 fully saturated rings. The molecule has 0 bridgehead atoms. The first-order valence-corrected chi connectivity index (χ1v) is 2.64. The lowest BCUT2D eigenvalue weighted by atomic mass is 10.2. The Labute approximate surface area is 49.2 Å². The zero-order chi connectivity index (χ0) is 5.98. The Bertz CT molecular complexity index is 135. The maximum Gasteiger partial charge on any atom is 0.0545 e. The van der Waals surface area contributed by atoms with Crippen molar-refractivity contribution in [3.63, 3.8) is 0 Å². The lowest BCUT2D eigenvalue weighted by molar-refractivity contribution is 0.423. The molecule has 1 aliphatic rings. The van der Waals surface area contributed by atoms with Gasteiger partial charge in [-0.05, 0) is 13.0 Å². The molecule has 0 unspecified atom stereocenters. The molecule has 0 aromatic heterocycles. The van der Waals surface area contributed by atoms with Crippen LogP contribution in [0.25, 0.3) is 0 Å². The number of hydrogen-bond donors (Lipinski definition) is 1. The van der Waals surface area contributed by atoms with Gasteiger partial charge in [-0.25, -0.2) is 5.84 Å². The molecule has 0 amide bonds. The number of nitrogens with two attached hydrogens (primary N) is 1. The third-order valence-corrected chi connectivity index (χ3v) is 1.09. The number of rotatable bonds is 0. The highest BCUT2D eigenvalue weighted by molar-refractivity contribution is 5.15. The highest BCUT2D eigenvalue weighted by Gasteiger charge is 1.95. The first-order valence-electron chi connectivity index (χ1n) is 2.64. The third-order valence-electron chi connectivity index (χ3n) is 1.09. The zero-order valence-electron chi connectivity index (χ0n) is 4.96. The number of allylic oxidation sites excluding steroid dienone is 2. The van der Waals surface area contributed by atoms with Gasteiger partial charge in [-0.15, -0.1) is 0 Å². The molecule has 1 aliphatic heterocycles. The number of hydrazine groups is 1. The predicted molar refractivity (Wildman–Crippen MR) is 33.8 cm³/mol. The predicted octanol–water partition coefficient (Wildman–Crippen LogP) is 0.636. The van der Waals surface area contributed by atoms with Gasteiger partial charge in [0.15, 0.2) is 0 Å². The molecule has 0 aliphatic carbocycles. The molecule has 0 saturated carbocycles. The lowest BCUT2D eigenvalue weighted by Crippen LogP contribution is -2.27. The summed E-state index contributed by atoms with van der Waals surface area (Å²) < 4.78 is 0. The van der Waals surface area contributed by atoms with E-state index in [1.165, 1.54) is 5.57 Å². The topological polar surface area (TPSA) is 29.3 Å². The van der Waals surface area contributed by atoms with E-state index in [2.05, 4.69) is 13.0 Å². The smallest absolute Gasteiger partial charge is 0.0545 e. The van der Waals surface area contributed by atoms with Gasteiger partial charge in [0.05, 0.1) is 6.54 Å². The molecular formula is C6H10N2. The van der Waals surface area contributed by atoms with Gasteiger partial charge in [0.25, 0.3) is 0 Å². The Hall–Kier alpha value is -0.760. The van der Waals surface area contributed by atoms with E-state index in [4.69, 9.17) is 5.84 Å². The largest absolute Gasteiger partial charge is 0.314 e. The molecule has 44 valence electrons. The van der Waals surface area contributed by atoms with E-state index in [0.717, 1.165) is 6.54 Å². The minimum Gasteiger partial charge on any atom is -0.314 e. The van der Waals surface area contributed by atoms with Gasteiger partial charge in [-0.2, -0.15) is 0 Å². The molecule has 0 saturated heterocycles. The van der Waals surface area contributed by atoms with E-state index >= 15 is 0 Å². The number of hydrogen-bond acceptors (Lipinski definition) is 2. The Morgan fingerprint density at radius 3 is 2.88 bits per heavy atom. The molecule has 0 spiro atoms. The van der Waals surface area contributed by atoms with Gasteiger partial charge in [-0.3, -0.25) is 0 Å². The summed E-state index contributed by atoms with van der Waals surface area (Å²) in [6.45, 7) is 2.92. The van der Waals surface area contributed by atoms with Crippen molar-refractivity contribution < 1.29 is 0 Å². The summed E-state index contributed by atoms with van der Waals surface area (Å²) in [6.07, 6.45) is 5.86. The standard InChI is InChI=1S/C6H10N2/c1-6-3-2-4-8(7)5-6/h2-4H,5,7H2,1H3. The van der Waals surface area contributed by atoms with Crippen LogP contribution in [0, 0.1) is 0 Å². The van der Waals surface area contributed by atoms with E-state index in [9.17, 15) is 0 Å². The van der Waals surface area contributed by atoms with Crippen LogP contribution in [0.5, 0.6) is 0 Å². The Morgan fingerprint density at radius 2 is 2.50 bits per heavy atom. The average molecular weight is 110 g/mol. The van der Waals surface area contributed by atoms with E-state index in [-0.39, 0.29) is 0 Å². The fraction of sp³-hybridized carbons (Fsp3) is 0.333. The summed E-state index contributed by atoms with van der Waals surface area (Å²) in [5.74, 6) is 5.43. The second-order valence-corrected chi connectivity index (χ2v) is 2.03. The first-order chi connectivity index (χ1) is 3.79. The van der Waals surface area contributed by atoms with Crippen molar-refractivity contribution in [1.29, 1.82) is 0 Å². The Morgan fingerprint density at radius 1 is 1.75 bits per heavy atom. The average Bonchev–Trinajstić information content (AvgIpc) is 1.64. The summed E-state index contributed by atoms with van der Waals surface area (Å²) in [5, 5.41) is 1.66. The molecule has 0 atom stereocenters. The fourth-order valence-electron chi connectivity index (χ4n) is 0.711. The van der Waals surface area contributed by atoms with Crippen molar-refractivity contribution in [2.45, 2.75) is 6.92 Å². The second kappa shape index (κ2) is 2.01. The van der Waals surface area contributed by atoms with E-state index in [1.807, 2.05) is 12.3 Å². The normalized spacial score (nSPS) is 18.8. The van der Waals surface area contributed by atoms with Crippen molar-refractivity contribution in [3.05, 3.63) is 23.9 Å². The van der Waals surface area contributed by atoms with Crippen LogP contribution in [-0.2, 0) is 0 Å². The molecule has 0 radical (unpaired) electrons. The summed E-state index contributed by atoms with van der Waals surface area (Å²) >= 11 is 0. The van der Waals surface area contributed by atoms with Gasteiger partial charge in [-0.1, -0.05) is 11.6 Å². The number of nitrogens with zero attached hydrogens (tertiary/aromatic N) is 1. The third kappa shape index (κ3) is 1.10. The lowest BCUT2D eigenvalue weighted by Gasteiger charge is -2.15. The monoisotopic (exact) mass is 110 g/mol. The highest BCUT2D eigenvalue weighted by Crippen LogP contribution is 2.00. The summed E-state index contributed by atoms with van der Waals surface area (Å²) in [6, 6.07) is 0. The van der Waals surface area contributed by atoms with Gasteiger partial charge in [0.2, 0.25) is 0 Å². The minimum atomic E-state index is 0.858. The van der Waals surface area contributed by atoms with Gasteiger partial charge in [0, 0.05) is 6.20 Å². The van der Waals surface area contributed by atoms with Crippen LogP contribution in [0.3, 0.4) is 0 Å². The molecule has 0 aromatic rings. The quantitative estimate of drug-likeness (QED) is 0.463. The van der Waals surface area contributed by atoms with E-state index in [0.29, 0.717) is 0 Å². The summed E-state index contributed by atoms with van der Waals surface area (Å²) in [5.41, 5.74) is 1.30. The fourth-order valence-corrected chi connectivity index (χ4v) is 0.711. The maximum absolute atomic E-state index is 5.43.